The topological polar surface area (TPSA) is 69.0 Å². The lowest BCUT2D eigenvalue weighted by Crippen LogP contribution is -2.19. The van der Waals surface area contributed by atoms with Crippen molar-refractivity contribution in [2.45, 2.75) is 29.2 Å². The van der Waals surface area contributed by atoms with Crippen LogP contribution in [0.25, 0.3) is 0 Å². The van der Waals surface area contributed by atoms with Crippen LogP contribution in [0.15, 0.2) is 53.7 Å². The number of halogens is 1. The van der Waals surface area contributed by atoms with Gasteiger partial charge in [0, 0.05) is 18.7 Å². The molecular formula is C21H21ClN4O2S. The van der Waals surface area contributed by atoms with Gasteiger partial charge in [-0.25, -0.2) is 0 Å². The molecule has 6 nitrogen and oxygen atoms in total. The van der Waals surface area contributed by atoms with Gasteiger partial charge in [-0.3, -0.25) is 4.79 Å². The Kier molecular flexibility index (Phi) is 5.78. The summed E-state index contributed by atoms with van der Waals surface area (Å²) in [7, 11) is 3.51. The molecule has 150 valence electrons. The Morgan fingerprint density at radius 3 is 2.66 bits per heavy atom. The number of ether oxygens (including phenoxy) is 1. The van der Waals surface area contributed by atoms with Crippen LogP contribution in [-0.2, 0) is 11.8 Å². The van der Waals surface area contributed by atoms with E-state index in [0.717, 1.165) is 29.4 Å². The summed E-state index contributed by atoms with van der Waals surface area (Å²) in [6.45, 7) is 0. The Morgan fingerprint density at radius 1 is 1.24 bits per heavy atom. The number of rotatable bonds is 7. The van der Waals surface area contributed by atoms with Crippen molar-refractivity contribution in [3.8, 4) is 5.75 Å². The van der Waals surface area contributed by atoms with Gasteiger partial charge in [-0.2, -0.15) is 0 Å². The van der Waals surface area contributed by atoms with E-state index in [2.05, 4.69) is 15.5 Å². The van der Waals surface area contributed by atoms with Gasteiger partial charge < -0.3 is 14.6 Å². The van der Waals surface area contributed by atoms with Gasteiger partial charge in [0.1, 0.15) is 16.8 Å². The van der Waals surface area contributed by atoms with Gasteiger partial charge >= 0.3 is 0 Å². The molecule has 1 saturated carbocycles. The molecule has 1 aromatic heterocycles. The number of amides is 1. The molecule has 0 spiro atoms. The Labute approximate surface area is 178 Å². The third-order valence-electron chi connectivity index (χ3n) is 4.79. The zero-order chi connectivity index (χ0) is 20.4. The molecule has 3 aromatic rings. The highest BCUT2D eigenvalue weighted by Crippen LogP contribution is 2.41. The van der Waals surface area contributed by atoms with E-state index in [0.29, 0.717) is 22.4 Å². The second-order valence-electron chi connectivity index (χ2n) is 6.92. The smallest absolute Gasteiger partial charge is 0.242 e. The number of carbonyl (C=O) groups excluding carboxylic acids is 1. The first-order chi connectivity index (χ1) is 14.1. The van der Waals surface area contributed by atoms with Crippen molar-refractivity contribution in [1.82, 2.24) is 14.8 Å². The van der Waals surface area contributed by atoms with Crippen molar-refractivity contribution in [2.24, 2.45) is 7.05 Å². The monoisotopic (exact) mass is 428 g/mol. The number of benzene rings is 2. The third-order valence-corrected chi connectivity index (χ3v) is 6.38. The van der Waals surface area contributed by atoms with Gasteiger partial charge in [0.2, 0.25) is 5.91 Å². The number of anilines is 1. The molecule has 1 aliphatic carbocycles. The molecule has 0 radical (unpaired) electrons. The number of carbonyl (C=O) groups is 1. The fourth-order valence-corrected chi connectivity index (χ4v) is 4.35. The normalized spacial score (nSPS) is 14.4. The van der Waals surface area contributed by atoms with E-state index in [1.54, 1.807) is 25.3 Å². The molecule has 0 bridgehead atoms. The first-order valence-corrected chi connectivity index (χ1v) is 10.6. The molecule has 1 atom stereocenters. The summed E-state index contributed by atoms with van der Waals surface area (Å²) in [5, 5.41) is 12.3. The Balaban J connectivity index is 1.58. The first kappa shape index (κ1) is 19.8. The molecule has 1 unspecified atom stereocenters. The fourth-order valence-electron chi connectivity index (χ4n) is 3.08. The summed E-state index contributed by atoms with van der Waals surface area (Å²) in [5.74, 6) is 1.89. The second kappa shape index (κ2) is 8.47. The van der Waals surface area contributed by atoms with E-state index >= 15 is 0 Å². The largest absolute Gasteiger partial charge is 0.495 e. The summed E-state index contributed by atoms with van der Waals surface area (Å²) in [5.41, 5.74) is 1.50. The lowest BCUT2D eigenvalue weighted by atomic mass is 10.1. The lowest BCUT2D eigenvalue weighted by Gasteiger charge is -2.17. The van der Waals surface area contributed by atoms with Crippen LogP contribution >= 0.6 is 23.4 Å². The van der Waals surface area contributed by atoms with Gasteiger partial charge in [-0.05, 0) is 36.6 Å². The zero-order valence-electron chi connectivity index (χ0n) is 16.1. The minimum atomic E-state index is -0.480. The van der Waals surface area contributed by atoms with Crippen LogP contribution in [0.5, 0.6) is 5.75 Å². The average molecular weight is 429 g/mol. The van der Waals surface area contributed by atoms with Crippen LogP contribution in [-0.4, -0.2) is 27.8 Å². The summed E-state index contributed by atoms with van der Waals surface area (Å²) in [6.07, 6.45) is 2.30. The maximum Gasteiger partial charge on any atom is 0.242 e. The molecular weight excluding hydrogens is 408 g/mol. The highest BCUT2D eigenvalue weighted by molar-refractivity contribution is 8.00. The molecule has 0 saturated heterocycles. The number of nitrogens with one attached hydrogen (secondary N) is 1. The molecule has 29 heavy (non-hydrogen) atoms. The molecule has 4 rings (SSSR count). The van der Waals surface area contributed by atoms with Crippen molar-refractivity contribution in [2.75, 3.05) is 12.4 Å². The standard InChI is InChI=1S/C21H21ClN4O2S/c1-26-19(14-8-9-14)24-25-21(26)29-18(13-6-4-3-5-7-13)20(27)23-15-10-11-17(28-2)16(22)12-15/h3-7,10-12,14,18H,8-9H2,1-2H3,(H,23,27). The maximum atomic E-state index is 13.2. The number of hydrogen-bond donors (Lipinski definition) is 1. The third kappa shape index (κ3) is 4.41. The van der Waals surface area contributed by atoms with Crippen molar-refractivity contribution >= 4 is 35.0 Å². The molecule has 2 aromatic carbocycles. The zero-order valence-corrected chi connectivity index (χ0v) is 17.7. The summed E-state index contributed by atoms with van der Waals surface area (Å²) in [4.78, 5) is 13.2. The lowest BCUT2D eigenvalue weighted by molar-refractivity contribution is -0.115. The predicted octanol–water partition coefficient (Wildman–Crippen LogP) is 4.83. The first-order valence-electron chi connectivity index (χ1n) is 9.32. The Hall–Kier alpha value is -2.51. The minimum Gasteiger partial charge on any atom is -0.495 e. The SMILES string of the molecule is COc1ccc(NC(=O)C(Sc2nnc(C3CC3)n2C)c2ccccc2)cc1Cl. The Bertz CT molecular complexity index is 1020. The van der Waals surface area contributed by atoms with Gasteiger partial charge in [-0.15, -0.1) is 10.2 Å². The van der Waals surface area contributed by atoms with Gasteiger partial charge in [0.25, 0.3) is 0 Å². The van der Waals surface area contributed by atoms with E-state index in [1.807, 2.05) is 41.9 Å². The molecule has 1 heterocycles. The van der Waals surface area contributed by atoms with Crippen LogP contribution in [0.2, 0.25) is 5.02 Å². The molecule has 1 aliphatic rings. The van der Waals surface area contributed by atoms with Crippen LogP contribution in [0.4, 0.5) is 5.69 Å². The van der Waals surface area contributed by atoms with Gasteiger partial charge in [-0.1, -0.05) is 53.7 Å². The number of hydrogen-bond acceptors (Lipinski definition) is 5. The van der Waals surface area contributed by atoms with Crippen LogP contribution < -0.4 is 10.1 Å². The highest BCUT2D eigenvalue weighted by atomic mass is 35.5. The van der Waals surface area contributed by atoms with Crippen LogP contribution in [0, 0.1) is 0 Å². The second-order valence-corrected chi connectivity index (χ2v) is 8.40. The van der Waals surface area contributed by atoms with E-state index in [9.17, 15) is 4.79 Å². The quantitative estimate of drug-likeness (QED) is 0.546. The molecule has 0 aliphatic heterocycles. The number of aromatic nitrogens is 3. The summed E-state index contributed by atoms with van der Waals surface area (Å²) < 4.78 is 7.17. The molecule has 1 amide bonds. The van der Waals surface area contributed by atoms with E-state index in [-0.39, 0.29) is 5.91 Å². The van der Waals surface area contributed by atoms with E-state index < -0.39 is 5.25 Å². The molecule has 1 N–H and O–H groups in total. The maximum absolute atomic E-state index is 13.2. The predicted molar refractivity (Wildman–Crippen MR) is 115 cm³/mol. The van der Waals surface area contributed by atoms with Crippen LogP contribution in [0.1, 0.15) is 35.4 Å². The fraction of sp³-hybridized carbons (Fsp3) is 0.286. The van der Waals surface area contributed by atoms with Crippen LogP contribution in [0.3, 0.4) is 0 Å². The highest BCUT2D eigenvalue weighted by Gasteiger charge is 2.31. The van der Waals surface area contributed by atoms with E-state index in [4.69, 9.17) is 16.3 Å². The summed E-state index contributed by atoms with van der Waals surface area (Å²) in [6, 6.07) is 14.8. The number of methoxy groups -OCH3 is 1. The van der Waals surface area contributed by atoms with Gasteiger partial charge in [0.05, 0.1) is 12.1 Å². The van der Waals surface area contributed by atoms with Crippen molar-refractivity contribution in [1.29, 1.82) is 0 Å². The number of nitrogens with zero attached hydrogens (tertiary/aromatic N) is 3. The average Bonchev–Trinajstić information content (AvgIpc) is 3.50. The summed E-state index contributed by atoms with van der Waals surface area (Å²) >= 11 is 7.59. The Morgan fingerprint density at radius 2 is 2.00 bits per heavy atom. The van der Waals surface area contributed by atoms with Crippen molar-refractivity contribution in [3.05, 3.63) is 64.9 Å². The van der Waals surface area contributed by atoms with Crippen molar-refractivity contribution < 1.29 is 9.53 Å². The minimum absolute atomic E-state index is 0.154. The molecule has 1 fully saturated rings. The molecule has 8 heteroatoms. The van der Waals surface area contributed by atoms with Gasteiger partial charge in [0.15, 0.2) is 5.16 Å². The van der Waals surface area contributed by atoms with E-state index in [1.165, 1.54) is 11.8 Å². The van der Waals surface area contributed by atoms with Crippen molar-refractivity contribution in [3.63, 3.8) is 0 Å². The number of thioether (sulfide) groups is 1.